The molecule has 3 heterocycles. The lowest BCUT2D eigenvalue weighted by atomic mass is 9.92. The first kappa shape index (κ1) is 9.90. The molecule has 86 valence electrons. The van der Waals surface area contributed by atoms with Crippen LogP contribution in [-0.2, 0) is 0 Å². The molecule has 3 rings (SSSR count). The van der Waals surface area contributed by atoms with Gasteiger partial charge < -0.3 is 15.2 Å². The summed E-state index contributed by atoms with van der Waals surface area (Å²) < 4.78 is 0. The number of carbonyl (C=O) groups excluding carboxylic acids is 1. The number of carbonyl (C=O) groups is 1. The summed E-state index contributed by atoms with van der Waals surface area (Å²) in [6.07, 6.45) is 4.20. The van der Waals surface area contributed by atoms with E-state index in [1.54, 1.807) is 0 Å². The van der Waals surface area contributed by atoms with Gasteiger partial charge in [0.25, 0.3) is 5.91 Å². The second kappa shape index (κ2) is 3.94. The van der Waals surface area contributed by atoms with Crippen LogP contribution in [0, 0.1) is 5.92 Å². The van der Waals surface area contributed by atoms with Gasteiger partial charge in [-0.3, -0.25) is 4.79 Å². The maximum atomic E-state index is 12.3. The van der Waals surface area contributed by atoms with Crippen LogP contribution in [0.3, 0.4) is 0 Å². The predicted molar refractivity (Wildman–Crippen MR) is 61.2 cm³/mol. The molecule has 0 aliphatic carbocycles. The van der Waals surface area contributed by atoms with Crippen molar-refractivity contribution in [3.8, 4) is 0 Å². The van der Waals surface area contributed by atoms with Crippen molar-refractivity contribution >= 4 is 5.91 Å². The molecule has 2 N–H and O–H groups in total. The van der Waals surface area contributed by atoms with Crippen LogP contribution >= 0.6 is 0 Å². The average molecular weight is 219 g/mol. The molecule has 1 aromatic heterocycles. The highest BCUT2D eigenvalue weighted by Gasteiger charge is 2.37. The molecule has 2 aliphatic heterocycles. The van der Waals surface area contributed by atoms with Crippen LogP contribution in [0.1, 0.15) is 23.3 Å². The number of piperidine rings is 1. The number of fused-ring (bicyclic) bond motifs is 1. The monoisotopic (exact) mass is 219 g/mol. The Morgan fingerprint density at radius 1 is 1.44 bits per heavy atom. The van der Waals surface area contributed by atoms with E-state index in [9.17, 15) is 4.79 Å². The molecule has 2 atom stereocenters. The summed E-state index contributed by atoms with van der Waals surface area (Å²) >= 11 is 0. The fourth-order valence-electron chi connectivity index (χ4n) is 2.94. The quantitative estimate of drug-likeness (QED) is 0.735. The number of likely N-dealkylation sites (tertiary alicyclic amines) is 1. The fourth-order valence-corrected chi connectivity index (χ4v) is 2.94. The summed E-state index contributed by atoms with van der Waals surface area (Å²) in [6, 6.07) is 4.14. The summed E-state index contributed by atoms with van der Waals surface area (Å²) in [5, 5.41) is 3.39. The molecule has 0 spiro atoms. The molecule has 2 saturated heterocycles. The number of aromatic nitrogens is 1. The molecular weight excluding hydrogens is 202 g/mol. The Labute approximate surface area is 95.0 Å². The van der Waals surface area contributed by atoms with Gasteiger partial charge in [0, 0.05) is 31.9 Å². The molecule has 0 bridgehead atoms. The highest BCUT2D eigenvalue weighted by Crippen LogP contribution is 2.27. The van der Waals surface area contributed by atoms with Crippen molar-refractivity contribution in [2.75, 3.05) is 19.6 Å². The molecule has 4 heteroatoms. The van der Waals surface area contributed by atoms with Gasteiger partial charge in [0.15, 0.2) is 0 Å². The SMILES string of the molecule is O=C(c1ccc[nH]1)N1CCCC2CNCC21. The van der Waals surface area contributed by atoms with Crippen molar-refractivity contribution in [1.82, 2.24) is 15.2 Å². The topological polar surface area (TPSA) is 48.1 Å². The second-order valence-electron chi connectivity index (χ2n) is 4.71. The highest BCUT2D eigenvalue weighted by atomic mass is 16.2. The zero-order valence-corrected chi connectivity index (χ0v) is 9.28. The molecule has 2 unspecified atom stereocenters. The lowest BCUT2D eigenvalue weighted by Crippen LogP contribution is -2.48. The number of nitrogens with one attached hydrogen (secondary N) is 2. The van der Waals surface area contributed by atoms with Crippen LogP contribution in [0.4, 0.5) is 0 Å². The average Bonchev–Trinajstić information content (AvgIpc) is 2.98. The zero-order valence-electron chi connectivity index (χ0n) is 9.28. The van der Waals surface area contributed by atoms with Gasteiger partial charge in [-0.1, -0.05) is 0 Å². The molecule has 1 amide bonds. The predicted octanol–water partition coefficient (Wildman–Crippen LogP) is 0.839. The van der Waals surface area contributed by atoms with Crippen molar-refractivity contribution in [1.29, 1.82) is 0 Å². The summed E-state index contributed by atoms with van der Waals surface area (Å²) in [5.41, 5.74) is 0.715. The Bertz CT molecular complexity index is 374. The molecule has 0 radical (unpaired) electrons. The number of rotatable bonds is 1. The number of hydrogen-bond acceptors (Lipinski definition) is 2. The van der Waals surface area contributed by atoms with Gasteiger partial charge in [0.1, 0.15) is 5.69 Å². The van der Waals surface area contributed by atoms with E-state index < -0.39 is 0 Å². The lowest BCUT2D eigenvalue weighted by Gasteiger charge is -2.36. The Balaban J connectivity index is 1.80. The van der Waals surface area contributed by atoms with Gasteiger partial charge in [-0.05, 0) is 30.9 Å². The van der Waals surface area contributed by atoms with Gasteiger partial charge in [-0.25, -0.2) is 0 Å². The van der Waals surface area contributed by atoms with Crippen LogP contribution in [0.2, 0.25) is 0 Å². The minimum Gasteiger partial charge on any atom is -0.357 e. The number of H-pyrrole nitrogens is 1. The third-order valence-electron chi connectivity index (χ3n) is 3.77. The Kier molecular flexibility index (Phi) is 2.44. The summed E-state index contributed by atoms with van der Waals surface area (Å²) in [5.74, 6) is 0.816. The molecule has 0 aromatic carbocycles. The first-order valence-corrected chi connectivity index (χ1v) is 6.01. The Morgan fingerprint density at radius 2 is 2.38 bits per heavy atom. The lowest BCUT2D eigenvalue weighted by molar-refractivity contribution is 0.0569. The van der Waals surface area contributed by atoms with Gasteiger partial charge in [-0.2, -0.15) is 0 Å². The molecule has 0 saturated carbocycles. The number of aromatic amines is 1. The fraction of sp³-hybridized carbons (Fsp3) is 0.583. The molecule has 2 fully saturated rings. The molecule has 16 heavy (non-hydrogen) atoms. The van der Waals surface area contributed by atoms with Crippen molar-refractivity contribution < 1.29 is 4.79 Å². The number of hydrogen-bond donors (Lipinski definition) is 2. The standard InChI is InChI=1S/C12H17N3O/c16-12(10-4-1-5-14-10)15-6-2-3-9-7-13-8-11(9)15/h1,4-5,9,11,13-14H,2-3,6-8H2. The van der Waals surface area contributed by atoms with E-state index in [0.29, 0.717) is 17.7 Å². The van der Waals surface area contributed by atoms with E-state index in [1.807, 2.05) is 23.2 Å². The maximum absolute atomic E-state index is 12.3. The number of amides is 1. The van der Waals surface area contributed by atoms with Crippen molar-refractivity contribution in [2.45, 2.75) is 18.9 Å². The Hall–Kier alpha value is -1.29. The first-order valence-electron chi connectivity index (χ1n) is 6.01. The zero-order chi connectivity index (χ0) is 11.0. The van der Waals surface area contributed by atoms with Crippen LogP contribution in [-0.4, -0.2) is 41.5 Å². The van der Waals surface area contributed by atoms with Gasteiger partial charge >= 0.3 is 0 Å². The highest BCUT2D eigenvalue weighted by molar-refractivity contribution is 5.92. The smallest absolute Gasteiger partial charge is 0.270 e. The third-order valence-corrected chi connectivity index (χ3v) is 3.77. The van der Waals surface area contributed by atoms with E-state index >= 15 is 0 Å². The summed E-state index contributed by atoms with van der Waals surface area (Å²) in [6.45, 7) is 2.93. The summed E-state index contributed by atoms with van der Waals surface area (Å²) in [4.78, 5) is 17.3. The molecular formula is C12H17N3O. The number of nitrogens with zero attached hydrogens (tertiary/aromatic N) is 1. The van der Waals surface area contributed by atoms with E-state index in [1.165, 1.54) is 6.42 Å². The minimum absolute atomic E-state index is 0.156. The van der Waals surface area contributed by atoms with Crippen molar-refractivity contribution in [2.24, 2.45) is 5.92 Å². The van der Waals surface area contributed by atoms with Crippen molar-refractivity contribution in [3.63, 3.8) is 0 Å². The van der Waals surface area contributed by atoms with E-state index in [0.717, 1.165) is 26.1 Å². The summed E-state index contributed by atoms with van der Waals surface area (Å²) in [7, 11) is 0. The van der Waals surface area contributed by atoms with Gasteiger partial charge in [0.2, 0.25) is 0 Å². The minimum atomic E-state index is 0.156. The van der Waals surface area contributed by atoms with Crippen LogP contribution in [0.15, 0.2) is 18.3 Å². The normalized spacial score (nSPS) is 29.1. The first-order chi connectivity index (χ1) is 7.86. The van der Waals surface area contributed by atoms with Crippen LogP contribution < -0.4 is 5.32 Å². The molecule has 1 aromatic rings. The molecule has 4 nitrogen and oxygen atoms in total. The second-order valence-corrected chi connectivity index (χ2v) is 4.71. The van der Waals surface area contributed by atoms with Crippen LogP contribution in [0.25, 0.3) is 0 Å². The van der Waals surface area contributed by atoms with Gasteiger partial charge in [-0.15, -0.1) is 0 Å². The molecule has 2 aliphatic rings. The van der Waals surface area contributed by atoms with E-state index in [2.05, 4.69) is 10.3 Å². The van der Waals surface area contributed by atoms with E-state index in [4.69, 9.17) is 0 Å². The van der Waals surface area contributed by atoms with Gasteiger partial charge in [0.05, 0.1) is 0 Å². The maximum Gasteiger partial charge on any atom is 0.270 e. The van der Waals surface area contributed by atoms with Crippen molar-refractivity contribution in [3.05, 3.63) is 24.0 Å². The third kappa shape index (κ3) is 1.53. The van der Waals surface area contributed by atoms with E-state index in [-0.39, 0.29) is 5.91 Å². The Morgan fingerprint density at radius 3 is 3.19 bits per heavy atom. The largest absolute Gasteiger partial charge is 0.357 e. The van der Waals surface area contributed by atoms with Crippen LogP contribution in [0.5, 0.6) is 0 Å².